The molecule has 1 aromatic carbocycles. The Hall–Kier alpha value is -0.810. The fraction of sp³-hybridized carbons (Fsp3) is 0.500. The summed E-state index contributed by atoms with van der Waals surface area (Å²) in [4.78, 5) is 0. The molecule has 0 radical (unpaired) electrons. The van der Waals surface area contributed by atoms with Crippen LogP contribution in [0.25, 0.3) is 0 Å². The first kappa shape index (κ1) is 17.2. The van der Waals surface area contributed by atoms with Gasteiger partial charge in [0.25, 0.3) is 0 Å². The predicted octanol–water partition coefficient (Wildman–Crippen LogP) is 4.31. The lowest BCUT2D eigenvalue weighted by atomic mass is 9.96. The van der Waals surface area contributed by atoms with E-state index < -0.39 is 23.6 Å². The highest BCUT2D eigenvalue weighted by molar-refractivity contribution is 5.85. The van der Waals surface area contributed by atoms with Crippen molar-refractivity contribution in [2.45, 2.75) is 32.5 Å². The Kier molecular flexibility index (Phi) is 6.10. The molecule has 0 aliphatic carbocycles. The van der Waals surface area contributed by atoms with Gasteiger partial charge in [-0.05, 0) is 18.4 Å². The second-order valence-electron chi connectivity index (χ2n) is 4.44. The number of benzene rings is 1. The van der Waals surface area contributed by atoms with Gasteiger partial charge in [-0.2, -0.15) is 13.2 Å². The van der Waals surface area contributed by atoms with Gasteiger partial charge in [-0.1, -0.05) is 26.0 Å². The van der Waals surface area contributed by atoms with Crippen molar-refractivity contribution < 1.29 is 17.6 Å². The topological polar surface area (TPSA) is 26.0 Å². The van der Waals surface area contributed by atoms with E-state index in [1.807, 2.05) is 13.8 Å². The Morgan fingerprint density at radius 2 is 1.78 bits per heavy atom. The molecule has 18 heavy (non-hydrogen) atoms. The first-order valence-corrected chi connectivity index (χ1v) is 5.34. The standard InChI is InChI=1S/C12H15F4N.ClH/c1-7(2)6-10(17)8-4-3-5-9(11(8)13)12(14,15)16;/h3-5,7,10H,6,17H2,1-2H3;1H/t10-;/m0./s1. The molecule has 0 unspecified atom stereocenters. The number of hydrogen-bond donors (Lipinski definition) is 1. The number of nitrogens with two attached hydrogens (primary N) is 1. The van der Waals surface area contributed by atoms with E-state index in [1.54, 1.807) is 0 Å². The zero-order chi connectivity index (χ0) is 13.2. The average molecular weight is 286 g/mol. The normalized spacial score (nSPS) is 13.3. The van der Waals surface area contributed by atoms with E-state index >= 15 is 0 Å². The molecule has 0 amide bonds. The van der Waals surface area contributed by atoms with E-state index in [-0.39, 0.29) is 23.9 Å². The van der Waals surface area contributed by atoms with E-state index in [0.717, 1.165) is 6.07 Å². The minimum absolute atomic E-state index is 0. The maximum Gasteiger partial charge on any atom is 0.419 e. The molecule has 0 fully saturated rings. The lowest BCUT2D eigenvalue weighted by Gasteiger charge is -2.17. The summed E-state index contributed by atoms with van der Waals surface area (Å²) in [7, 11) is 0. The summed E-state index contributed by atoms with van der Waals surface area (Å²) in [5, 5.41) is 0. The minimum atomic E-state index is -4.68. The van der Waals surface area contributed by atoms with Gasteiger partial charge in [0.05, 0.1) is 5.56 Å². The SMILES string of the molecule is CC(C)C[C@H](N)c1cccc(C(F)(F)F)c1F.Cl. The Morgan fingerprint density at radius 1 is 1.22 bits per heavy atom. The zero-order valence-electron chi connectivity index (χ0n) is 10.1. The molecule has 1 aromatic rings. The molecule has 0 spiro atoms. The molecule has 104 valence electrons. The number of rotatable bonds is 3. The Bertz CT molecular complexity index is 390. The number of hydrogen-bond acceptors (Lipinski definition) is 1. The van der Waals surface area contributed by atoms with Crippen molar-refractivity contribution in [3.05, 3.63) is 35.1 Å². The van der Waals surface area contributed by atoms with Crippen LogP contribution in [0, 0.1) is 11.7 Å². The molecule has 0 saturated carbocycles. The number of halogens is 5. The molecule has 0 aromatic heterocycles. The van der Waals surface area contributed by atoms with Crippen molar-refractivity contribution in [2.24, 2.45) is 11.7 Å². The summed E-state index contributed by atoms with van der Waals surface area (Å²) in [5.74, 6) is -1.06. The van der Waals surface area contributed by atoms with E-state index in [0.29, 0.717) is 6.42 Å². The molecular weight excluding hydrogens is 270 g/mol. The van der Waals surface area contributed by atoms with E-state index in [2.05, 4.69) is 0 Å². The van der Waals surface area contributed by atoms with Gasteiger partial charge in [-0.25, -0.2) is 4.39 Å². The van der Waals surface area contributed by atoms with Crippen molar-refractivity contribution in [2.75, 3.05) is 0 Å². The van der Waals surface area contributed by atoms with E-state index in [9.17, 15) is 17.6 Å². The summed E-state index contributed by atoms with van der Waals surface area (Å²) in [6.45, 7) is 3.76. The molecular formula is C12H16ClF4N. The summed E-state index contributed by atoms with van der Waals surface area (Å²) in [6.07, 6.45) is -4.24. The molecule has 0 heterocycles. The lowest BCUT2D eigenvalue weighted by Crippen LogP contribution is -2.17. The fourth-order valence-electron chi connectivity index (χ4n) is 1.69. The van der Waals surface area contributed by atoms with Gasteiger partial charge in [0.2, 0.25) is 0 Å². The largest absolute Gasteiger partial charge is 0.419 e. The molecule has 1 rings (SSSR count). The van der Waals surface area contributed by atoms with Crippen molar-refractivity contribution in [1.82, 2.24) is 0 Å². The maximum atomic E-state index is 13.7. The van der Waals surface area contributed by atoms with Gasteiger partial charge in [0.1, 0.15) is 5.82 Å². The van der Waals surface area contributed by atoms with Gasteiger partial charge in [-0.15, -0.1) is 12.4 Å². The first-order chi connectivity index (χ1) is 7.73. The molecule has 2 N–H and O–H groups in total. The van der Waals surface area contributed by atoms with E-state index in [4.69, 9.17) is 5.73 Å². The third kappa shape index (κ3) is 4.14. The number of alkyl halides is 3. The van der Waals surface area contributed by atoms with Crippen LogP contribution in [-0.4, -0.2) is 0 Å². The lowest BCUT2D eigenvalue weighted by molar-refractivity contribution is -0.140. The van der Waals surface area contributed by atoms with Gasteiger partial charge in [-0.3, -0.25) is 0 Å². The summed E-state index contributed by atoms with van der Waals surface area (Å²) in [6, 6.07) is 2.50. The molecule has 0 aliphatic heterocycles. The van der Waals surface area contributed by atoms with Crippen LogP contribution >= 0.6 is 12.4 Å². The van der Waals surface area contributed by atoms with Crippen LogP contribution in [-0.2, 0) is 6.18 Å². The van der Waals surface area contributed by atoms with Crippen LogP contribution in [0.2, 0.25) is 0 Å². The van der Waals surface area contributed by atoms with Crippen molar-refractivity contribution in [1.29, 1.82) is 0 Å². The molecule has 6 heteroatoms. The minimum Gasteiger partial charge on any atom is -0.324 e. The molecule has 1 nitrogen and oxygen atoms in total. The van der Waals surface area contributed by atoms with Gasteiger partial charge >= 0.3 is 6.18 Å². The van der Waals surface area contributed by atoms with Gasteiger partial charge < -0.3 is 5.73 Å². The van der Waals surface area contributed by atoms with Crippen LogP contribution in [0.3, 0.4) is 0 Å². The van der Waals surface area contributed by atoms with Crippen molar-refractivity contribution in [3.8, 4) is 0 Å². The summed E-state index contributed by atoms with van der Waals surface area (Å²) < 4.78 is 51.1. The van der Waals surface area contributed by atoms with Crippen LogP contribution in [0.1, 0.15) is 37.4 Å². The van der Waals surface area contributed by atoms with Crippen LogP contribution in [0.4, 0.5) is 17.6 Å². The Morgan fingerprint density at radius 3 is 2.22 bits per heavy atom. The Labute approximate surface area is 110 Å². The van der Waals surface area contributed by atoms with Crippen LogP contribution < -0.4 is 5.73 Å². The highest BCUT2D eigenvalue weighted by Gasteiger charge is 2.35. The van der Waals surface area contributed by atoms with Crippen LogP contribution in [0.5, 0.6) is 0 Å². The third-order valence-electron chi connectivity index (χ3n) is 2.46. The monoisotopic (exact) mass is 285 g/mol. The molecule has 1 atom stereocenters. The second-order valence-corrected chi connectivity index (χ2v) is 4.44. The highest BCUT2D eigenvalue weighted by atomic mass is 35.5. The van der Waals surface area contributed by atoms with Gasteiger partial charge in [0.15, 0.2) is 0 Å². The highest BCUT2D eigenvalue weighted by Crippen LogP contribution is 2.34. The van der Waals surface area contributed by atoms with Gasteiger partial charge in [0, 0.05) is 11.6 Å². The predicted molar refractivity (Wildman–Crippen MR) is 65.0 cm³/mol. The molecule has 0 bridgehead atoms. The fourth-order valence-corrected chi connectivity index (χ4v) is 1.69. The second kappa shape index (κ2) is 6.38. The summed E-state index contributed by atoms with van der Waals surface area (Å²) in [5.41, 5.74) is 4.37. The summed E-state index contributed by atoms with van der Waals surface area (Å²) >= 11 is 0. The Balaban J connectivity index is 0.00000289. The first-order valence-electron chi connectivity index (χ1n) is 5.34. The van der Waals surface area contributed by atoms with E-state index in [1.165, 1.54) is 12.1 Å². The zero-order valence-corrected chi connectivity index (χ0v) is 10.9. The average Bonchev–Trinajstić information content (AvgIpc) is 2.14. The van der Waals surface area contributed by atoms with Crippen molar-refractivity contribution in [3.63, 3.8) is 0 Å². The van der Waals surface area contributed by atoms with Crippen molar-refractivity contribution >= 4 is 12.4 Å². The molecule has 0 aliphatic rings. The van der Waals surface area contributed by atoms with Crippen LogP contribution in [0.15, 0.2) is 18.2 Å². The quantitative estimate of drug-likeness (QED) is 0.823. The third-order valence-corrected chi connectivity index (χ3v) is 2.46. The molecule has 0 saturated heterocycles. The maximum absolute atomic E-state index is 13.7. The smallest absolute Gasteiger partial charge is 0.324 e.